The minimum Gasteiger partial charge on any atom is -0.358 e. The van der Waals surface area contributed by atoms with Gasteiger partial charge in [-0.3, -0.25) is 4.79 Å². The fraction of sp³-hybridized carbons (Fsp3) is 0.190. The third kappa shape index (κ3) is 2.85. The number of fused-ring (bicyclic) bond motifs is 3. The lowest BCUT2D eigenvalue weighted by Gasteiger charge is -2.18. The van der Waals surface area contributed by atoms with Crippen LogP contribution in [-0.4, -0.2) is 28.9 Å². The molecular weight excluding hydrogens is 296 g/mol. The molecule has 1 aromatic heterocycles. The van der Waals surface area contributed by atoms with E-state index in [0.29, 0.717) is 0 Å². The average Bonchev–Trinajstić information content (AvgIpc) is 2.85. The van der Waals surface area contributed by atoms with E-state index in [1.165, 1.54) is 22.2 Å². The van der Waals surface area contributed by atoms with Crippen molar-refractivity contribution >= 4 is 22.9 Å². The van der Waals surface area contributed by atoms with Crippen molar-refractivity contribution in [2.75, 3.05) is 13.1 Å². The van der Waals surface area contributed by atoms with Crippen molar-refractivity contribution in [1.29, 1.82) is 0 Å². The van der Waals surface area contributed by atoms with Gasteiger partial charge in [0.15, 0.2) is 0 Å². The molecule has 4 rings (SSSR count). The SMILES string of the molecule is O=C(/C=C/c1ccccc1)N1CCc2[nH]c3ccccc3c2CC1. The van der Waals surface area contributed by atoms with E-state index in [1.807, 2.05) is 41.3 Å². The highest BCUT2D eigenvalue weighted by atomic mass is 16.2. The van der Waals surface area contributed by atoms with Gasteiger partial charge in [-0.15, -0.1) is 0 Å². The van der Waals surface area contributed by atoms with E-state index in [2.05, 4.69) is 29.2 Å². The van der Waals surface area contributed by atoms with Crippen LogP contribution in [-0.2, 0) is 17.6 Å². The van der Waals surface area contributed by atoms with Crippen LogP contribution in [0.5, 0.6) is 0 Å². The van der Waals surface area contributed by atoms with Gasteiger partial charge in [0.2, 0.25) is 5.91 Å². The smallest absolute Gasteiger partial charge is 0.246 e. The van der Waals surface area contributed by atoms with Crippen molar-refractivity contribution in [3.05, 3.63) is 77.5 Å². The first kappa shape index (κ1) is 14.8. The summed E-state index contributed by atoms with van der Waals surface area (Å²) in [6.07, 6.45) is 5.37. The quantitative estimate of drug-likeness (QED) is 0.717. The van der Waals surface area contributed by atoms with Crippen LogP contribution in [0.4, 0.5) is 0 Å². The predicted molar refractivity (Wildman–Crippen MR) is 97.8 cm³/mol. The van der Waals surface area contributed by atoms with Crippen LogP contribution in [0.2, 0.25) is 0 Å². The zero-order valence-corrected chi connectivity index (χ0v) is 13.5. The largest absolute Gasteiger partial charge is 0.358 e. The molecule has 3 aromatic rings. The van der Waals surface area contributed by atoms with Crippen molar-refractivity contribution in [2.24, 2.45) is 0 Å². The molecule has 120 valence electrons. The first-order valence-electron chi connectivity index (χ1n) is 8.42. The lowest BCUT2D eigenvalue weighted by Crippen LogP contribution is -2.31. The molecule has 0 atom stereocenters. The van der Waals surface area contributed by atoms with Crippen LogP contribution >= 0.6 is 0 Å². The third-order valence-corrected chi connectivity index (χ3v) is 4.70. The van der Waals surface area contributed by atoms with E-state index in [1.54, 1.807) is 6.08 Å². The molecule has 1 amide bonds. The number of carbonyl (C=O) groups excluding carboxylic acids is 1. The Morgan fingerprint density at radius 1 is 0.958 bits per heavy atom. The van der Waals surface area contributed by atoms with Crippen LogP contribution in [0.1, 0.15) is 16.8 Å². The van der Waals surface area contributed by atoms with Gasteiger partial charge in [0.1, 0.15) is 0 Å². The van der Waals surface area contributed by atoms with Gasteiger partial charge >= 0.3 is 0 Å². The van der Waals surface area contributed by atoms with Gasteiger partial charge in [-0.2, -0.15) is 0 Å². The predicted octanol–water partition coefficient (Wildman–Crippen LogP) is 3.81. The van der Waals surface area contributed by atoms with Crippen LogP contribution in [0, 0.1) is 0 Å². The number of hydrogen-bond donors (Lipinski definition) is 1. The number of H-pyrrole nitrogens is 1. The van der Waals surface area contributed by atoms with Crippen molar-refractivity contribution in [1.82, 2.24) is 9.88 Å². The van der Waals surface area contributed by atoms with Gasteiger partial charge in [0.25, 0.3) is 0 Å². The second-order valence-corrected chi connectivity index (χ2v) is 6.20. The van der Waals surface area contributed by atoms with Crippen molar-refractivity contribution in [3.8, 4) is 0 Å². The Kier molecular flexibility index (Phi) is 3.91. The molecular formula is C21H20N2O. The Hall–Kier alpha value is -2.81. The first-order valence-corrected chi connectivity index (χ1v) is 8.42. The highest BCUT2D eigenvalue weighted by molar-refractivity contribution is 5.92. The number of nitrogens with one attached hydrogen (secondary N) is 1. The molecule has 2 heterocycles. The zero-order valence-electron chi connectivity index (χ0n) is 13.5. The van der Waals surface area contributed by atoms with E-state index in [0.717, 1.165) is 31.5 Å². The molecule has 0 bridgehead atoms. The Bertz CT molecular complexity index is 893. The normalized spacial score (nSPS) is 14.8. The number of rotatable bonds is 2. The number of hydrogen-bond acceptors (Lipinski definition) is 1. The highest BCUT2D eigenvalue weighted by Gasteiger charge is 2.19. The topological polar surface area (TPSA) is 36.1 Å². The fourth-order valence-electron chi connectivity index (χ4n) is 3.42. The minimum absolute atomic E-state index is 0.0910. The van der Waals surface area contributed by atoms with E-state index < -0.39 is 0 Å². The second-order valence-electron chi connectivity index (χ2n) is 6.20. The molecule has 0 spiro atoms. The maximum Gasteiger partial charge on any atom is 0.246 e. The molecule has 0 unspecified atom stereocenters. The number of nitrogens with zero attached hydrogens (tertiary/aromatic N) is 1. The Morgan fingerprint density at radius 2 is 1.71 bits per heavy atom. The van der Waals surface area contributed by atoms with E-state index in [9.17, 15) is 4.79 Å². The first-order chi connectivity index (χ1) is 11.8. The average molecular weight is 316 g/mol. The number of aromatic nitrogens is 1. The van der Waals surface area contributed by atoms with Crippen molar-refractivity contribution in [2.45, 2.75) is 12.8 Å². The summed E-state index contributed by atoms with van der Waals surface area (Å²) in [5.74, 6) is 0.0910. The number of amides is 1. The second kappa shape index (κ2) is 6.36. The maximum atomic E-state index is 12.5. The molecule has 0 radical (unpaired) electrons. The van der Waals surface area contributed by atoms with Crippen LogP contribution < -0.4 is 0 Å². The van der Waals surface area contributed by atoms with Gasteiger partial charge in [0, 0.05) is 42.2 Å². The summed E-state index contributed by atoms with van der Waals surface area (Å²) in [6, 6.07) is 18.4. The van der Waals surface area contributed by atoms with Gasteiger partial charge in [-0.1, -0.05) is 48.5 Å². The van der Waals surface area contributed by atoms with Gasteiger partial charge in [-0.25, -0.2) is 0 Å². The van der Waals surface area contributed by atoms with Crippen LogP contribution in [0.25, 0.3) is 17.0 Å². The number of carbonyl (C=O) groups is 1. The molecule has 3 nitrogen and oxygen atoms in total. The van der Waals surface area contributed by atoms with E-state index in [-0.39, 0.29) is 5.91 Å². The maximum absolute atomic E-state index is 12.5. The molecule has 24 heavy (non-hydrogen) atoms. The molecule has 3 heteroatoms. The van der Waals surface area contributed by atoms with E-state index >= 15 is 0 Å². The molecule has 1 N–H and O–H groups in total. The summed E-state index contributed by atoms with van der Waals surface area (Å²) >= 11 is 0. The Labute approximate surface area is 141 Å². The number of aromatic amines is 1. The molecule has 0 fully saturated rings. The summed E-state index contributed by atoms with van der Waals surface area (Å²) in [5.41, 5.74) is 4.90. The minimum atomic E-state index is 0.0910. The van der Waals surface area contributed by atoms with Crippen molar-refractivity contribution in [3.63, 3.8) is 0 Å². The lowest BCUT2D eigenvalue weighted by atomic mass is 10.1. The Balaban J connectivity index is 1.49. The summed E-state index contributed by atoms with van der Waals surface area (Å²) in [4.78, 5) is 18.0. The molecule has 1 aliphatic rings. The van der Waals surface area contributed by atoms with Crippen LogP contribution in [0.3, 0.4) is 0 Å². The monoisotopic (exact) mass is 316 g/mol. The zero-order chi connectivity index (χ0) is 16.4. The lowest BCUT2D eigenvalue weighted by molar-refractivity contribution is -0.125. The summed E-state index contributed by atoms with van der Waals surface area (Å²) in [5, 5.41) is 1.29. The summed E-state index contributed by atoms with van der Waals surface area (Å²) in [6.45, 7) is 1.53. The standard InChI is InChI=1S/C21H20N2O/c24-21(11-10-16-6-2-1-3-7-16)23-14-12-18-17-8-4-5-9-19(17)22-20(18)13-15-23/h1-11,22H,12-15H2/b11-10+. The molecule has 1 aliphatic heterocycles. The van der Waals surface area contributed by atoms with Crippen LogP contribution in [0.15, 0.2) is 60.7 Å². The van der Waals surface area contributed by atoms with Crippen molar-refractivity contribution < 1.29 is 4.79 Å². The molecule has 0 saturated heterocycles. The molecule has 0 saturated carbocycles. The van der Waals surface area contributed by atoms with Gasteiger partial charge in [0.05, 0.1) is 0 Å². The Morgan fingerprint density at radius 3 is 2.58 bits per heavy atom. The number of benzene rings is 2. The van der Waals surface area contributed by atoms with E-state index in [4.69, 9.17) is 0 Å². The number of para-hydroxylation sites is 1. The van der Waals surface area contributed by atoms with Gasteiger partial charge in [-0.05, 0) is 29.7 Å². The summed E-state index contributed by atoms with van der Waals surface area (Å²) < 4.78 is 0. The molecule has 0 aliphatic carbocycles. The summed E-state index contributed by atoms with van der Waals surface area (Å²) in [7, 11) is 0. The highest BCUT2D eigenvalue weighted by Crippen LogP contribution is 2.25. The third-order valence-electron chi connectivity index (χ3n) is 4.70. The fourth-order valence-corrected chi connectivity index (χ4v) is 3.42. The van der Waals surface area contributed by atoms with Gasteiger partial charge < -0.3 is 9.88 Å². The molecule has 2 aromatic carbocycles.